The highest BCUT2D eigenvalue weighted by Crippen LogP contribution is 2.30. The van der Waals surface area contributed by atoms with E-state index in [1.807, 2.05) is 13.1 Å². The molecule has 0 amide bonds. The molecule has 0 radical (unpaired) electrons. The van der Waals surface area contributed by atoms with Gasteiger partial charge in [0.2, 0.25) is 0 Å². The lowest BCUT2D eigenvalue weighted by Crippen LogP contribution is -2.43. The number of hydrogen-bond donors (Lipinski definition) is 1. The predicted molar refractivity (Wildman–Crippen MR) is 83.6 cm³/mol. The molecule has 2 aliphatic rings. The minimum atomic E-state index is -0.00579. The molecule has 2 fully saturated rings. The maximum atomic E-state index is 6.05. The summed E-state index contributed by atoms with van der Waals surface area (Å²) in [6.45, 7) is 9.44. The summed E-state index contributed by atoms with van der Waals surface area (Å²) in [5, 5.41) is 3.14. The first-order valence-electron chi connectivity index (χ1n) is 7.90. The van der Waals surface area contributed by atoms with E-state index in [4.69, 9.17) is 9.72 Å². The fraction of sp³-hybridized carbons (Fsp3) is 0.750. The Balaban J connectivity index is 1.87. The van der Waals surface area contributed by atoms with Crippen molar-refractivity contribution in [2.75, 3.05) is 32.1 Å². The molecule has 5 nitrogen and oxygen atoms in total. The van der Waals surface area contributed by atoms with Crippen molar-refractivity contribution >= 4 is 5.82 Å². The van der Waals surface area contributed by atoms with Gasteiger partial charge >= 0.3 is 0 Å². The van der Waals surface area contributed by atoms with Gasteiger partial charge in [-0.2, -0.15) is 0 Å². The van der Waals surface area contributed by atoms with Crippen molar-refractivity contribution in [1.82, 2.24) is 14.9 Å². The second kappa shape index (κ2) is 5.54. The van der Waals surface area contributed by atoms with Crippen LogP contribution in [0.2, 0.25) is 0 Å². The van der Waals surface area contributed by atoms with Crippen molar-refractivity contribution in [1.29, 1.82) is 0 Å². The number of anilines is 1. The van der Waals surface area contributed by atoms with Gasteiger partial charge in [0, 0.05) is 31.1 Å². The number of nitrogens with zero attached hydrogens (tertiary/aromatic N) is 3. The van der Waals surface area contributed by atoms with Gasteiger partial charge in [0.05, 0.1) is 12.3 Å². The Morgan fingerprint density at radius 3 is 2.86 bits per heavy atom. The highest BCUT2D eigenvalue weighted by Gasteiger charge is 2.34. The average Bonchev–Trinajstić information content (AvgIpc) is 2.93. The smallest absolute Gasteiger partial charge is 0.161 e. The van der Waals surface area contributed by atoms with E-state index in [1.54, 1.807) is 0 Å². The molecule has 1 aromatic heterocycles. The number of nitrogens with one attached hydrogen (secondary N) is 1. The van der Waals surface area contributed by atoms with Gasteiger partial charge in [-0.3, -0.25) is 4.90 Å². The van der Waals surface area contributed by atoms with Crippen LogP contribution in [-0.2, 0) is 10.2 Å². The van der Waals surface area contributed by atoms with Crippen LogP contribution in [0.5, 0.6) is 0 Å². The number of ether oxygens (including phenoxy) is 1. The van der Waals surface area contributed by atoms with Gasteiger partial charge in [-0.25, -0.2) is 9.97 Å². The zero-order valence-corrected chi connectivity index (χ0v) is 13.5. The Bertz CT molecular complexity index is 511. The number of aromatic nitrogens is 2. The predicted octanol–water partition coefficient (Wildman–Crippen LogP) is 2.35. The molecule has 21 heavy (non-hydrogen) atoms. The fourth-order valence-corrected chi connectivity index (χ4v) is 3.10. The van der Waals surface area contributed by atoms with E-state index in [1.165, 1.54) is 19.4 Å². The molecule has 2 unspecified atom stereocenters. The van der Waals surface area contributed by atoms with Crippen molar-refractivity contribution < 1.29 is 4.74 Å². The summed E-state index contributed by atoms with van der Waals surface area (Å²) in [7, 11) is 1.90. The third kappa shape index (κ3) is 3.04. The Hall–Kier alpha value is -1.20. The van der Waals surface area contributed by atoms with Crippen molar-refractivity contribution in [3.05, 3.63) is 17.6 Å². The number of morpholine rings is 1. The van der Waals surface area contributed by atoms with Crippen LogP contribution in [0, 0.1) is 0 Å². The molecule has 0 aromatic carbocycles. The number of fused-ring (bicyclic) bond motifs is 1. The topological polar surface area (TPSA) is 50.3 Å². The van der Waals surface area contributed by atoms with Crippen LogP contribution >= 0.6 is 0 Å². The summed E-state index contributed by atoms with van der Waals surface area (Å²) < 4.78 is 6.05. The summed E-state index contributed by atoms with van der Waals surface area (Å²) >= 11 is 0. The molecule has 2 saturated heterocycles. The SMILES string of the molecule is CNc1cc(C(C)(C)C)nc(C2CN3CCCC3CO2)n1. The van der Waals surface area contributed by atoms with Crippen molar-refractivity contribution in [3.63, 3.8) is 0 Å². The van der Waals surface area contributed by atoms with Crippen molar-refractivity contribution in [3.8, 4) is 0 Å². The lowest BCUT2D eigenvalue weighted by molar-refractivity contribution is -0.0542. The zero-order chi connectivity index (χ0) is 15.0. The average molecular weight is 290 g/mol. The molecule has 0 saturated carbocycles. The molecule has 2 atom stereocenters. The van der Waals surface area contributed by atoms with E-state index in [2.05, 4.69) is 36.0 Å². The first-order valence-corrected chi connectivity index (χ1v) is 7.90. The Morgan fingerprint density at radius 2 is 2.14 bits per heavy atom. The second-order valence-electron chi connectivity index (χ2n) is 7.11. The van der Waals surface area contributed by atoms with Gasteiger partial charge in [-0.1, -0.05) is 20.8 Å². The van der Waals surface area contributed by atoms with E-state index in [-0.39, 0.29) is 11.5 Å². The molecule has 1 aromatic rings. The molecule has 116 valence electrons. The van der Waals surface area contributed by atoms with Crippen LogP contribution in [0.4, 0.5) is 5.82 Å². The summed E-state index contributed by atoms with van der Waals surface area (Å²) in [4.78, 5) is 11.9. The fourth-order valence-electron chi connectivity index (χ4n) is 3.10. The van der Waals surface area contributed by atoms with E-state index in [0.717, 1.165) is 30.5 Å². The van der Waals surface area contributed by atoms with E-state index < -0.39 is 0 Å². The number of rotatable bonds is 2. The molecule has 3 heterocycles. The molecule has 3 rings (SSSR count). The first kappa shape index (κ1) is 14.7. The summed E-state index contributed by atoms with van der Waals surface area (Å²) in [5.74, 6) is 1.69. The molecule has 2 aliphatic heterocycles. The summed E-state index contributed by atoms with van der Waals surface area (Å²) in [6, 6.07) is 2.64. The van der Waals surface area contributed by atoms with Gasteiger partial charge in [-0.15, -0.1) is 0 Å². The van der Waals surface area contributed by atoms with Crippen LogP contribution in [0.15, 0.2) is 6.07 Å². The van der Waals surface area contributed by atoms with E-state index in [9.17, 15) is 0 Å². The molecule has 5 heteroatoms. The largest absolute Gasteiger partial charge is 0.373 e. The maximum Gasteiger partial charge on any atom is 0.161 e. The molecule has 0 spiro atoms. The van der Waals surface area contributed by atoms with E-state index >= 15 is 0 Å². The normalized spacial score (nSPS) is 26.7. The Kier molecular flexibility index (Phi) is 3.88. The zero-order valence-electron chi connectivity index (χ0n) is 13.5. The van der Waals surface area contributed by atoms with Crippen LogP contribution < -0.4 is 5.32 Å². The van der Waals surface area contributed by atoms with Gasteiger partial charge in [-0.05, 0) is 19.4 Å². The van der Waals surface area contributed by atoms with Gasteiger partial charge in [0.15, 0.2) is 5.82 Å². The van der Waals surface area contributed by atoms with Crippen molar-refractivity contribution in [2.24, 2.45) is 0 Å². The van der Waals surface area contributed by atoms with Crippen LogP contribution in [0.25, 0.3) is 0 Å². The Morgan fingerprint density at radius 1 is 1.33 bits per heavy atom. The quantitative estimate of drug-likeness (QED) is 0.906. The minimum absolute atomic E-state index is 0.00579. The highest BCUT2D eigenvalue weighted by molar-refractivity contribution is 5.37. The Labute approximate surface area is 127 Å². The van der Waals surface area contributed by atoms with Crippen LogP contribution in [-0.4, -0.2) is 47.7 Å². The van der Waals surface area contributed by atoms with Gasteiger partial charge < -0.3 is 10.1 Å². The monoisotopic (exact) mass is 290 g/mol. The first-order chi connectivity index (χ1) is 9.97. The number of hydrogen-bond acceptors (Lipinski definition) is 5. The molecular formula is C16H26N4O. The molecule has 0 aliphatic carbocycles. The summed E-state index contributed by atoms with van der Waals surface area (Å²) in [5.41, 5.74) is 1.07. The standard InChI is InChI=1S/C16H26N4O/c1-16(2,3)13-8-14(17-4)19-15(18-13)12-9-20-7-5-6-11(20)10-21-12/h8,11-12H,5-7,9-10H2,1-4H3,(H,17,18,19). The maximum absolute atomic E-state index is 6.05. The molecule has 1 N–H and O–H groups in total. The second-order valence-corrected chi connectivity index (χ2v) is 7.11. The summed E-state index contributed by atoms with van der Waals surface area (Å²) in [6.07, 6.45) is 2.54. The third-order valence-electron chi connectivity index (χ3n) is 4.45. The minimum Gasteiger partial charge on any atom is -0.373 e. The van der Waals surface area contributed by atoms with Crippen LogP contribution in [0.3, 0.4) is 0 Å². The highest BCUT2D eigenvalue weighted by atomic mass is 16.5. The van der Waals surface area contributed by atoms with Crippen molar-refractivity contribution in [2.45, 2.75) is 51.2 Å². The van der Waals surface area contributed by atoms with Gasteiger partial charge in [0.1, 0.15) is 11.9 Å². The van der Waals surface area contributed by atoms with Crippen LogP contribution in [0.1, 0.15) is 51.2 Å². The lowest BCUT2D eigenvalue weighted by atomic mass is 9.92. The van der Waals surface area contributed by atoms with E-state index in [0.29, 0.717) is 6.04 Å². The van der Waals surface area contributed by atoms with Gasteiger partial charge in [0.25, 0.3) is 0 Å². The third-order valence-corrected chi connectivity index (χ3v) is 4.45. The lowest BCUT2D eigenvalue weighted by Gasteiger charge is -2.34. The molecule has 0 bridgehead atoms. The molecular weight excluding hydrogens is 264 g/mol.